The minimum Gasteiger partial charge on any atom is -0.366 e. The molecule has 1 aliphatic carbocycles. The van der Waals surface area contributed by atoms with Crippen LogP contribution in [0, 0.1) is 31.1 Å². The minimum absolute atomic E-state index is 0.00113. The largest absolute Gasteiger partial charge is 0.366 e. The topological polar surface area (TPSA) is 99.2 Å². The quantitative estimate of drug-likeness (QED) is 0.720. The van der Waals surface area contributed by atoms with Crippen LogP contribution in [0.3, 0.4) is 0 Å². The molecule has 0 bridgehead atoms. The average molecular weight is 411 g/mol. The van der Waals surface area contributed by atoms with Crippen LogP contribution >= 0.6 is 0 Å². The number of aryl methyl sites for hydroxylation is 2. The van der Waals surface area contributed by atoms with E-state index in [-0.39, 0.29) is 12.5 Å². The normalized spacial score (nSPS) is 21.9. The fourth-order valence-corrected chi connectivity index (χ4v) is 5.07. The number of primary amides is 1. The van der Waals surface area contributed by atoms with Gasteiger partial charge in [0.1, 0.15) is 5.54 Å². The van der Waals surface area contributed by atoms with E-state index in [1.54, 1.807) is 11.0 Å². The molecule has 0 spiro atoms. The van der Waals surface area contributed by atoms with Gasteiger partial charge in [0.25, 0.3) is 0 Å². The molecule has 2 amide bonds. The number of hydrogen-bond acceptors (Lipinski definition) is 4. The molecule has 1 aliphatic heterocycles. The van der Waals surface area contributed by atoms with Gasteiger partial charge in [-0.15, -0.1) is 0 Å². The lowest BCUT2D eigenvalue weighted by Crippen LogP contribution is -2.52. The zero-order valence-electron chi connectivity index (χ0n) is 18.3. The van der Waals surface area contributed by atoms with Crippen LogP contribution in [-0.2, 0) is 11.3 Å². The van der Waals surface area contributed by atoms with E-state index in [4.69, 9.17) is 5.73 Å². The van der Waals surface area contributed by atoms with E-state index < -0.39 is 11.4 Å². The lowest BCUT2D eigenvalue weighted by Gasteiger charge is -2.37. The van der Waals surface area contributed by atoms with Crippen LogP contribution in [0.4, 0.5) is 0 Å². The van der Waals surface area contributed by atoms with Gasteiger partial charge in [-0.2, -0.15) is 5.26 Å². The highest BCUT2D eigenvalue weighted by atomic mass is 16.2. The zero-order chi connectivity index (χ0) is 21.7. The van der Waals surface area contributed by atoms with Crippen LogP contribution in [0.15, 0.2) is 12.1 Å². The maximum absolute atomic E-state index is 13.4. The maximum Gasteiger partial charge on any atom is 0.249 e. The molecular weight excluding hydrogens is 376 g/mol. The summed E-state index contributed by atoms with van der Waals surface area (Å²) < 4.78 is 0. The van der Waals surface area contributed by atoms with Crippen molar-refractivity contribution in [1.29, 1.82) is 5.26 Å². The highest BCUT2D eigenvalue weighted by Gasteiger charge is 2.43. The van der Waals surface area contributed by atoms with Gasteiger partial charge in [-0.05, 0) is 56.3 Å². The van der Waals surface area contributed by atoms with Crippen molar-refractivity contribution in [3.8, 4) is 6.07 Å². The molecule has 2 fully saturated rings. The fraction of sp³-hybridized carbons (Fsp3) is 0.625. The lowest BCUT2D eigenvalue weighted by atomic mass is 9.85. The Morgan fingerprint density at radius 2 is 2.00 bits per heavy atom. The summed E-state index contributed by atoms with van der Waals surface area (Å²) in [4.78, 5) is 27.3. The number of nitrogens with zero attached hydrogens (tertiary/aromatic N) is 2. The molecule has 1 unspecified atom stereocenters. The van der Waals surface area contributed by atoms with E-state index >= 15 is 0 Å². The molecule has 2 aliphatic rings. The number of nitriles is 1. The number of carbonyl (C=O) groups excluding carboxylic acids is 2. The third-order valence-corrected chi connectivity index (χ3v) is 6.85. The molecule has 0 aromatic heterocycles. The molecule has 1 aromatic rings. The smallest absolute Gasteiger partial charge is 0.249 e. The molecule has 30 heavy (non-hydrogen) atoms. The minimum atomic E-state index is -0.879. The van der Waals surface area contributed by atoms with Crippen LogP contribution in [0.1, 0.15) is 78.4 Å². The lowest BCUT2D eigenvalue weighted by molar-refractivity contribution is -0.136. The van der Waals surface area contributed by atoms with Gasteiger partial charge >= 0.3 is 0 Å². The second kappa shape index (κ2) is 9.61. The molecule has 1 atom stereocenters. The number of carbonyl (C=O) groups is 2. The molecule has 1 heterocycles. The first-order valence-electron chi connectivity index (χ1n) is 11.2. The summed E-state index contributed by atoms with van der Waals surface area (Å²) >= 11 is 0. The maximum atomic E-state index is 13.4. The van der Waals surface area contributed by atoms with Crippen LogP contribution in [-0.4, -0.2) is 35.3 Å². The molecule has 6 nitrogen and oxygen atoms in total. The second-order valence-corrected chi connectivity index (χ2v) is 9.06. The summed E-state index contributed by atoms with van der Waals surface area (Å²) in [6.45, 7) is 5.26. The molecular formula is C24H34N4O2. The summed E-state index contributed by atoms with van der Waals surface area (Å²) in [5.41, 5.74) is 7.85. The summed E-state index contributed by atoms with van der Waals surface area (Å²) in [5, 5.41) is 13.3. The molecule has 0 radical (unpaired) electrons. The van der Waals surface area contributed by atoms with Gasteiger partial charge in [0.2, 0.25) is 11.8 Å². The first kappa shape index (κ1) is 22.3. The van der Waals surface area contributed by atoms with E-state index in [2.05, 4.69) is 11.4 Å². The highest BCUT2D eigenvalue weighted by Crippen LogP contribution is 2.31. The fourth-order valence-electron chi connectivity index (χ4n) is 5.07. The Balaban J connectivity index is 1.88. The monoisotopic (exact) mass is 410 g/mol. The predicted molar refractivity (Wildman–Crippen MR) is 117 cm³/mol. The van der Waals surface area contributed by atoms with E-state index in [1.165, 1.54) is 32.1 Å². The van der Waals surface area contributed by atoms with Crippen LogP contribution in [0.2, 0.25) is 0 Å². The van der Waals surface area contributed by atoms with Gasteiger partial charge in [-0.1, -0.05) is 43.7 Å². The average Bonchev–Trinajstić information content (AvgIpc) is 3.21. The third-order valence-electron chi connectivity index (χ3n) is 6.85. The van der Waals surface area contributed by atoms with E-state index in [1.807, 2.05) is 19.9 Å². The number of benzene rings is 1. The van der Waals surface area contributed by atoms with Gasteiger partial charge < -0.3 is 16.0 Å². The molecule has 1 saturated heterocycles. The number of nitrogens with two attached hydrogens (primary N) is 1. The summed E-state index contributed by atoms with van der Waals surface area (Å²) in [6.07, 6.45) is 8.10. The molecule has 3 rings (SSSR count). The van der Waals surface area contributed by atoms with Gasteiger partial charge in [0.05, 0.1) is 6.07 Å². The van der Waals surface area contributed by atoms with Crippen molar-refractivity contribution in [2.45, 2.75) is 77.3 Å². The molecule has 3 N–H and O–H groups in total. The van der Waals surface area contributed by atoms with E-state index in [9.17, 15) is 14.9 Å². The third kappa shape index (κ3) is 4.84. The Bertz CT molecular complexity index is 830. The Morgan fingerprint density at radius 3 is 2.60 bits per heavy atom. The van der Waals surface area contributed by atoms with E-state index in [0.29, 0.717) is 37.4 Å². The van der Waals surface area contributed by atoms with Gasteiger partial charge in [-0.25, -0.2) is 0 Å². The number of rotatable bonds is 7. The summed E-state index contributed by atoms with van der Waals surface area (Å²) in [7, 11) is 0. The summed E-state index contributed by atoms with van der Waals surface area (Å²) in [5.74, 6) is 0.106. The van der Waals surface area contributed by atoms with Crippen molar-refractivity contribution in [2.24, 2.45) is 11.7 Å². The SMILES string of the molecule is Cc1cc(C)c(CN(C(=O)CCC2CCCCC2)C2(C#N)CCNC2)c(C(N)=O)c1. The van der Waals surface area contributed by atoms with Crippen molar-refractivity contribution in [2.75, 3.05) is 13.1 Å². The van der Waals surface area contributed by atoms with Crippen molar-refractivity contribution < 1.29 is 9.59 Å². The number of nitrogens with one attached hydrogen (secondary N) is 1. The predicted octanol–water partition coefficient (Wildman–Crippen LogP) is 3.35. The van der Waals surface area contributed by atoms with Crippen LogP contribution < -0.4 is 11.1 Å². The Morgan fingerprint density at radius 1 is 1.27 bits per heavy atom. The first-order valence-corrected chi connectivity index (χ1v) is 11.2. The Hall–Kier alpha value is -2.39. The zero-order valence-corrected chi connectivity index (χ0v) is 18.3. The van der Waals surface area contributed by atoms with Crippen LogP contribution in [0.5, 0.6) is 0 Å². The Kier molecular flexibility index (Phi) is 7.14. The molecule has 1 aromatic carbocycles. The number of hydrogen-bond donors (Lipinski definition) is 2. The van der Waals surface area contributed by atoms with Crippen molar-refractivity contribution >= 4 is 11.8 Å². The number of amides is 2. The first-order chi connectivity index (χ1) is 14.4. The highest BCUT2D eigenvalue weighted by molar-refractivity contribution is 5.95. The van der Waals surface area contributed by atoms with Crippen LogP contribution in [0.25, 0.3) is 0 Å². The molecule has 1 saturated carbocycles. The standard InChI is InChI=1S/C24H34N4O2/c1-17-12-18(2)21(20(13-17)23(26)30)14-28(24(15-25)10-11-27-16-24)22(29)9-8-19-6-4-3-5-7-19/h12-13,19,27H,3-11,14,16H2,1-2H3,(H2,26,30). The van der Waals surface area contributed by atoms with Gasteiger partial charge in [0, 0.05) is 25.1 Å². The molecule has 162 valence electrons. The Labute approximate surface area is 179 Å². The van der Waals surface area contributed by atoms with Gasteiger partial charge in [0.15, 0.2) is 0 Å². The van der Waals surface area contributed by atoms with Crippen molar-refractivity contribution in [3.63, 3.8) is 0 Å². The summed E-state index contributed by atoms with van der Waals surface area (Å²) in [6, 6.07) is 6.20. The molecule has 6 heteroatoms. The van der Waals surface area contributed by atoms with Gasteiger partial charge in [-0.3, -0.25) is 9.59 Å². The van der Waals surface area contributed by atoms with E-state index in [0.717, 1.165) is 23.1 Å². The van der Waals surface area contributed by atoms with Crippen molar-refractivity contribution in [3.05, 3.63) is 34.4 Å². The van der Waals surface area contributed by atoms with Crippen molar-refractivity contribution in [1.82, 2.24) is 10.2 Å². The second-order valence-electron chi connectivity index (χ2n) is 9.06.